The van der Waals surface area contributed by atoms with Crippen LogP contribution in [-0.2, 0) is 17.9 Å². The number of benzene rings is 1. The standard InChI is InChI=1S/C22H27N5O3/c1-14-5-3-6-16(11-14)13-26-9-4-10-27-19(22(26)30)12-18(25-27)21(29)23-15(2)20(28)24-17-7-8-17/h3,5-6,11-12,15,17H,4,7-10,13H2,1-2H3,(H,23,29)(H,24,28)/t15-/m0/s1. The zero-order chi connectivity index (χ0) is 21.3. The van der Waals surface area contributed by atoms with Crippen molar-refractivity contribution in [3.63, 3.8) is 0 Å². The molecular formula is C22H27N5O3. The molecule has 8 nitrogen and oxygen atoms in total. The molecule has 2 aliphatic rings. The second kappa shape index (κ2) is 8.30. The first-order chi connectivity index (χ1) is 14.4. The number of hydrogen-bond acceptors (Lipinski definition) is 4. The van der Waals surface area contributed by atoms with Crippen molar-refractivity contribution >= 4 is 17.7 Å². The van der Waals surface area contributed by atoms with E-state index in [0.717, 1.165) is 30.4 Å². The largest absolute Gasteiger partial charge is 0.352 e. The van der Waals surface area contributed by atoms with Gasteiger partial charge in [0.15, 0.2) is 5.69 Å². The van der Waals surface area contributed by atoms with Crippen LogP contribution in [0.2, 0.25) is 0 Å². The number of fused-ring (bicyclic) bond motifs is 1. The van der Waals surface area contributed by atoms with Crippen LogP contribution in [0.4, 0.5) is 0 Å². The lowest BCUT2D eigenvalue weighted by Crippen LogP contribution is -2.45. The lowest BCUT2D eigenvalue weighted by atomic mass is 10.1. The summed E-state index contributed by atoms with van der Waals surface area (Å²) in [6.45, 7) is 5.39. The Labute approximate surface area is 175 Å². The fraction of sp³-hybridized carbons (Fsp3) is 0.455. The molecule has 1 fully saturated rings. The molecule has 3 amide bonds. The molecule has 4 rings (SSSR count). The smallest absolute Gasteiger partial charge is 0.272 e. The third-order valence-electron chi connectivity index (χ3n) is 5.44. The number of carbonyl (C=O) groups excluding carboxylic acids is 3. The fourth-order valence-corrected chi connectivity index (χ4v) is 3.62. The van der Waals surface area contributed by atoms with Crippen molar-refractivity contribution in [3.8, 4) is 0 Å². The van der Waals surface area contributed by atoms with Crippen LogP contribution >= 0.6 is 0 Å². The van der Waals surface area contributed by atoms with Crippen LogP contribution in [0.15, 0.2) is 30.3 Å². The van der Waals surface area contributed by atoms with Crippen LogP contribution in [0.5, 0.6) is 0 Å². The highest BCUT2D eigenvalue weighted by molar-refractivity contribution is 5.99. The number of carbonyl (C=O) groups is 3. The maximum Gasteiger partial charge on any atom is 0.272 e. The molecular weight excluding hydrogens is 382 g/mol. The normalized spacial score (nSPS) is 17.1. The molecule has 1 saturated carbocycles. The third-order valence-corrected chi connectivity index (χ3v) is 5.44. The summed E-state index contributed by atoms with van der Waals surface area (Å²) in [5.74, 6) is -0.792. The highest BCUT2D eigenvalue weighted by Gasteiger charge is 2.29. The highest BCUT2D eigenvalue weighted by Crippen LogP contribution is 2.19. The van der Waals surface area contributed by atoms with Crippen molar-refractivity contribution in [1.82, 2.24) is 25.3 Å². The summed E-state index contributed by atoms with van der Waals surface area (Å²) < 4.78 is 1.60. The summed E-state index contributed by atoms with van der Waals surface area (Å²) in [7, 11) is 0. The number of aryl methyl sites for hydroxylation is 2. The number of aromatic nitrogens is 2. The van der Waals surface area contributed by atoms with Gasteiger partial charge in [0.2, 0.25) is 5.91 Å². The van der Waals surface area contributed by atoms with E-state index in [-0.39, 0.29) is 23.6 Å². The van der Waals surface area contributed by atoms with E-state index < -0.39 is 11.9 Å². The topological polar surface area (TPSA) is 96.3 Å². The molecule has 0 saturated heterocycles. The van der Waals surface area contributed by atoms with E-state index in [1.165, 1.54) is 6.07 Å². The highest BCUT2D eigenvalue weighted by atomic mass is 16.2. The van der Waals surface area contributed by atoms with Crippen LogP contribution in [0.1, 0.15) is 58.3 Å². The molecule has 8 heteroatoms. The Morgan fingerprint density at radius 1 is 1.23 bits per heavy atom. The van der Waals surface area contributed by atoms with Crippen molar-refractivity contribution in [1.29, 1.82) is 0 Å². The lowest BCUT2D eigenvalue weighted by molar-refractivity contribution is -0.122. The lowest BCUT2D eigenvalue weighted by Gasteiger charge is -2.20. The van der Waals surface area contributed by atoms with E-state index in [2.05, 4.69) is 21.8 Å². The van der Waals surface area contributed by atoms with Crippen molar-refractivity contribution in [3.05, 3.63) is 52.8 Å². The summed E-state index contributed by atoms with van der Waals surface area (Å²) in [5.41, 5.74) is 2.78. The SMILES string of the molecule is Cc1cccc(CN2CCCn3nc(C(=O)N[C@@H](C)C(=O)NC4CC4)cc3C2=O)c1. The van der Waals surface area contributed by atoms with E-state index in [4.69, 9.17) is 0 Å². The second-order valence-corrected chi connectivity index (χ2v) is 8.19. The van der Waals surface area contributed by atoms with Gasteiger partial charge in [0.05, 0.1) is 0 Å². The monoisotopic (exact) mass is 409 g/mol. The van der Waals surface area contributed by atoms with Crippen LogP contribution in [-0.4, -0.2) is 51.0 Å². The van der Waals surface area contributed by atoms with Gasteiger partial charge in [0.25, 0.3) is 11.8 Å². The number of hydrogen-bond donors (Lipinski definition) is 2. The maximum absolute atomic E-state index is 13.1. The predicted molar refractivity (Wildman–Crippen MR) is 111 cm³/mol. The zero-order valence-corrected chi connectivity index (χ0v) is 17.4. The minimum absolute atomic E-state index is 0.139. The number of amides is 3. The van der Waals surface area contributed by atoms with E-state index in [9.17, 15) is 14.4 Å². The first-order valence-corrected chi connectivity index (χ1v) is 10.4. The first-order valence-electron chi connectivity index (χ1n) is 10.4. The molecule has 0 radical (unpaired) electrons. The summed E-state index contributed by atoms with van der Waals surface area (Å²) in [6, 6.07) is 9.20. The molecule has 1 aliphatic heterocycles. The Hall–Kier alpha value is -3.16. The van der Waals surface area contributed by atoms with Gasteiger partial charge in [0, 0.05) is 31.7 Å². The second-order valence-electron chi connectivity index (χ2n) is 8.19. The summed E-state index contributed by atoms with van der Waals surface area (Å²) in [4.78, 5) is 39.6. The minimum Gasteiger partial charge on any atom is -0.352 e. The Morgan fingerprint density at radius 3 is 2.77 bits per heavy atom. The average molecular weight is 409 g/mol. The van der Waals surface area contributed by atoms with Gasteiger partial charge in [-0.25, -0.2) is 0 Å². The Balaban J connectivity index is 1.45. The maximum atomic E-state index is 13.1. The summed E-state index contributed by atoms with van der Waals surface area (Å²) in [5, 5.41) is 9.87. The van der Waals surface area contributed by atoms with Crippen LogP contribution in [0, 0.1) is 6.92 Å². The molecule has 1 aromatic heterocycles. The Morgan fingerprint density at radius 2 is 2.03 bits per heavy atom. The van der Waals surface area contributed by atoms with Gasteiger partial charge < -0.3 is 15.5 Å². The van der Waals surface area contributed by atoms with Crippen molar-refractivity contribution in [2.45, 2.75) is 58.3 Å². The van der Waals surface area contributed by atoms with Gasteiger partial charge >= 0.3 is 0 Å². The van der Waals surface area contributed by atoms with Crippen LogP contribution < -0.4 is 10.6 Å². The van der Waals surface area contributed by atoms with E-state index >= 15 is 0 Å². The fourth-order valence-electron chi connectivity index (χ4n) is 3.62. The molecule has 1 atom stereocenters. The Kier molecular flexibility index (Phi) is 5.57. The molecule has 0 unspecified atom stereocenters. The molecule has 2 heterocycles. The molecule has 158 valence electrons. The molecule has 2 aromatic rings. The van der Waals surface area contributed by atoms with Crippen molar-refractivity contribution in [2.24, 2.45) is 0 Å². The number of nitrogens with one attached hydrogen (secondary N) is 2. The number of rotatable bonds is 6. The van der Waals surface area contributed by atoms with Gasteiger partial charge in [-0.05, 0) is 38.7 Å². The molecule has 0 spiro atoms. The van der Waals surface area contributed by atoms with Crippen LogP contribution in [0.3, 0.4) is 0 Å². The molecule has 30 heavy (non-hydrogen) atoms. The summed E-state index contributed by atoms with van der Waals surface area (Å²) in [6.07, 6.45) is 2.73. The third kappa shape index (κ3) is 4.53. The zero-order valence-electron chi connectivity index (χ0n) is 17.4. The molecule has 1 aromatic carbocycles. The van der Waals surface area contributed by atoms with Gasteiger partial charge in [-0.2, -0.15) is 5.10 Å². The van der Waals surface area contributed by atoms with Crippen LogP contribution in [0.25, 0.3) is 0 Å². The van der Waals surface area contributed by atoms with Crippen molar-refractivity contribution in [2.75, 3.05) is 6.54 Å². The summed E-state index contributed by atoms with van der Waals surface area (Å²) >= 11 is 0. The predicted octanol–water partition coefficient (Wildman–Crippen LogP) is 1.63. The van der Waals surface area contributed by atoms with E-state index in [1.807, 2.05) is 25.1 Å². The quantitative estimate of drug-likeness (QED) is 0.758. The molecule has 2 N–H and O–H groups in total. The average Bonchev–Trinajstić information content (AvgIpc) is 3.44. The van der Waals surface area contributed by atoms with Gasteiger partial charge in [-0.15, -0.1) is 0 Å². The van der Waals surface area contributed by atoms with Crippen molar-refractivity contribution < 1.29 is 14.4 Å². The minimum atomic E-state index is -0.659. The van der Waals surface area contributed by atoms with Gasteiger partial charge in [0.1, 0.15) is 11.7 Å². The molecule has 1 aliphatic carbocycles. The Bertz CT molecular complexity index is 979. The van der Waals surface area contributed by atoms with Gasteiger partial charge in [-0.3, -0.25) is 19.1 Å². The van der Waals surface area contributed by atoms with E-state index in [0.29, 0.717) is 25.3 Å². The first kappa shape index (κ1) is 20.1. The van der Waals surface area contributed by atoms with E-state index in [1.54, 1.807) is 16.5 Å². The van der Waals surface area contributed by atoms with Gasteiger partial charge in [-0.1, -0.05) is 29.8 Å². The number of nitrogens with zero attached hydrogens (tertiary/aromatic N) is 3. The molecule has 0 bridgehead atoms.